The molecule has 0 aliphatic carbocycles. The summed E-state index contributed by atoms with van der Waals surface area (Å²) in [5.41, 5.74) is 7.93. The molecular formula is C22H23N3O3S. The minimum absolute atomic E-state index is 0.0479. The van der Waals surface area contributed by atoms with Gasteiger partial charge in [-0.1, -0.05) is 42.0 Å². The number of carbonyl (C=O) groups is 3. The van der Waals surface area contributed by atoms with Gasteiger partial charge in [0, 0.05) is 18.0 Å². The zero-order valence-electron chi connectivity index (χ0n) is 16.3. The van der Waals surface area contributed by atoms with E-state index in [0.29, 0.717) is 0 Å². The first-order chi connectivity index (χ1) is 13.9. The fourth-order valence-corrected chi connectivity index (χ4v) is 3.80. The molecule has 1 aliphatic heterocycles. The molecule has 2 aromatic carbocycles. The molecule has 0 saturated carbocycles. The van der Waals surface area contributed by atoms with E-state index in [1.54, 1.807) is 6.20 Å². The SMILES string of the molecule is CC(=O)N1C=Cc2ccccc2[C@@H]1CC(=O)NNC(=O)CSc1ccc(C)cc1. The average molecular weight is 410 g/mol. The summed E-state index contributed by atoms with van der Waals surface area (Å²) in [6.07, 6.45) is 3.60. The lowest BCUT2D eigenvalue weighted by Crippen LogP contribution is -2.44. The Hall–Kier alpha value is -3.06. The van der Waals surface area contributed by atoms with Crippen LogP contribution < -0.4 is 10.9 Å². The zero-order chi connectivity index (χ0) is 20.8. The molecule has 3 rings (SSSR count). The van der Waals surface area contributed by atoms with Crippen molar-refractivity contribution >= 4 is 35.6 Å². The highest BCUT2D eigenvalue weighted by molar-refractivity contribution is 8.00. The second kappa shape index (κ2) is 9.43. The maximum absolute atomic E-state index is 12.4. The quantitative estimate of drug-likeness (QED) is 0.587. The summed E-state index contributed by atoms with van der Waals surface area (Å²) in [5, 5.41) is 0. The van der Waals surface area contributed by atoms with Gasteiger partial charge in [-0.25, -0.2) is 0 Å². The Morgan fingerprint density at radius 1 is 1.00 bits per heavy atom. The smallest absolute Gasteiger partial charge is 0.248 e. The van der Waals surface area contributed by atoms with Gasteiger partial charge in [0.25, 0.3) is 0 Å². The van der Waals surface area contributed by atoms with Crippen LogP contribution in [0, 0.1) is 6.92 Å². The van der Waals surface area contributed by atoms with Crippen molar-refractivity contribution < 1.29 is 14.4 Å². The summed E-state index contributed by atoms with van der Waals surface area (Å²) in [6, 6.07) is 15.1. The van der Waals surface area contributed by atoms with Gasteiger partial charge < -0.3 is 4.90 Å². The van der Waals surface area contributed by atoms with Crippen molar-refractivity contribution in [2.24, 2.45) is 0 Å². The monoisotopic (exact) mass is 409 g/mol. The molecule has 6 nitrogen and oxygen atoms in total. The number of hydrogen-bond acceptors (Lipinski definition) is 4. The number of amides is 3. The molecular weight excluding hydrogens is 386 g/mol. The van der Waals surface area contributed by atoms with Crippen LogP contribution in [0.15, 0.2) is 59.6 Å². The number of aryl methyl sites for hydroxylation is 1. The number of nitrogens with one attached hydrogen (secondary N) is 2. The van der Waals surface area contributed by atoms with Crippen LogP contribution in [0.2, 0.25) is 0 Å². The van der Waals surface area contributed by atoms with Gasteiger partial charge in [-0.3, -0.25) is 25.2 Å². The predicted octanol–water partition coefficient (Wildman–Crippen LogP) is 3.20. The maximum Gasteiger partial charge on any atom is 0.248 e. The Bertz CT molecular complexity index is 941. The summed E-state index contributed by atoms with van der Waals surface area (Å²) in [6.45, 7) is 3.47. The first-order valence-corrected chi connectivity index (χ1v) is 10.3. The van der Waals surface area contributed by atoms with Crippen LogP contribution in [0.3, 0.4) is 0 Å². The number of hydrogen-bond donors (Lipinski definition) is 2. The van der Waals surface area contributed by atoms with Gasteiger partial charge >= 0.3 is 0 Å². The molecule has 3 amide bonds. The Balaban J connectivity index is 1.53. The zero-order valence-corrected chi connectivity index (χ0v) is 17.2. The molecule has 0 radical (unpaired) electrons. The molecule has 0 aromatic heterocycles. The Morgan fingerprint density at radius 2 is 1.69 bits per heavy atom. The lowest BCUT2D eigenvalue weighted by molar-refractivity contribution is -0.131. The van der Waals surface area contributed by atoms with Crippen LogP contribution in [-0.4, -0.2) is 28.4 Å². The van der Waals surface area contributed by atoms with E-state index in [9.17, 15) is 14.4 Å². The molecule has 0 saturated heterocycles. The number of hydrazine groups is 1. The first kappa shape index (κ1) is 20.7. The molecule has 2 aromatic rings. The number of benzene rings is 2. The summed E-state index contributed by atoms with van der Waals surface area (Å²) in [7, 11) is 0. The third-order valence-electron chi connectivity index (χ3n) is 4.58. The Morgan fingerprint density at radius 3 is 2.41 bits per heavy atom. The lowest BCUT2D eigenvalue weighted by Gasteiger charge is -2.32. The van der Waals surface area contributed by atoms with Crippen molar-refractivity contribution in [1.29, 1.82) is 0 Å². The highest BCUT2D eigenvalue weighted by Gasteiger charge is 2.28. The summed E-state index contributed by atoms with van der Waals surface area (Å²) in [4.78, 5) is 38.9. The number of rotatable bonds is 5. The van der Waals surface area contributed by atoms with Crippen LogP contribution in [0.4, 0.5) is 0 Å². The fraction of sp³-hybridized carbons (Fsp3) is 0.227. The van der Waals surface area contributed by atoms with E-state index in [4.69, 9.17) is 0 Å². The molecule has 1 atom stereocenters. The van der Waals surface area contributed by atoms with E-state index in [2.05, 4.69) is 10.9 Å². The molecule has 0 unspecified atom stereocenters. The summed E-state index contributed by atoms with van der Waals surface area (Å²) >= 11 is 1.39. The number of nitrogens with zero attached hydrogens (tertiary/aromatic N) is 1. The number of carbonyl (C=O) groups excluding carboxylic acids is 3. The second-order valence-corrected chi connectivity index (χ2v) is 7.84. The third kappa shape index (κ3) is 5.48. The molecule has 0 bridgehead atoms. The largest absolute Gasteiger partial charge is 0.311 e. The van der Waals surface area contributed by atoms with Gasteiger partial charge in [-0.2, -0.15) is 0 Å². The minimum atomic E-state index is -0.410. The van der Waals surface area contributed by atoms with Gasteiger partial charge in [-0.05, 0) is 36.3 Å². The normalized spacial score (nSPS) is 14.8. The second-order valence-electron chi connectivity index (χ2n) is 6.79. The standard InChI is InChI=1S/C22H23N3O3S/c1-15-7-9-18(10-8-15)29-14-22(28)24-23-21(27)13-20-19-6-4-3-5-17(19)11-12-25(20)16(2)26/h3-12,20H,13-14H2,1-2H3,(H,23,27)(H,24,28)/t20-/m0/s1. The highest BCUT2D eigenvalue weighted by Crippen LogP contribution is 2.32. The van der Waals surface area contributed by atoms with E-state index in [1.807, 2.05) is 61.5 Å². The van der Waals surface area contributed by atoms with Crippen molar-refractivity contribution in [3.63, 3.8) is 0 Å². The van der Waals surface area contributed by atoms with Crippen molar-refractivity contribution in [3.05, 3.63) is 71.4 Å². The molecule has 1 aliphatic rings. The number of fused-ring (bicyclic) bond motifs is 1. The first-order valence-electron chi connectivity index (χ1n) is 9.27. The molecule has 7 heteroatoms. The molecule has 29 heavy (non-hydrogen) atoms. The summed E-state index contributed by atoms with van der Waals surface area (Å²) < 4.78 is 0. The fourth-order valence-electron chi connectivity index (χ4n) is 3.10. The minimum Gasteiger partial charge on any atom is -0.311 e. The van der Waals surface area contributed by atoms with Crippen molar-refractivity contribution in [2.45, 2.75) is 31.2 Å². The van der Waals surface area contributed by atoms with Crippen molar-refractivity contribution in [1.82, 2.24) is 15.8 Å². The van der Waals surface area contributed by atoms with Crippen LogP contribution in [-0.2, 0) is 14.4 Å². The van der Waals surface area contributed by atoms with Crippen molar-refractivity contribution in [2.75, 3.05) is 5.75 Å². The molecule has 2 N–H and O–H groups in total. The van der Waals surface area contributed by atoms with E-state index in [0.717, 1.165) is 21.6 Å². The molecule has 0 fully saturated rings. The van der Waals surface area contributed by atoms with E-state index < -0.39 is 6.04 Å². The van der Waals surface area contributed by atoms with Gasteiger partial charge in [-0.15, -0.1) is 11.8 Å². The van der Waals surface area contributed by atoms with Crippen LogP contribution in [0.1, 0.15) is 36.1 Å². The Labute approximate surface area is 174 Å². The topological polar surface area (TPSA) is 78.5 Å². The van der Waals surface area contributed by atoms with Gasteiger partial charge in [0.15, 0.2) is 0 Å². The Kier molecular flexibility index (Phi) is 6.72. The number of thioether (sulfide) groups is 1. The van der Waals surface area contributed by atoms with Crippen LogP contribution in [0.25, 0.3) is 6.08 Å². The van der Waals surface area contributed by atoms with E-state index in [1.165, 1.54) is 23.6 Å². The average Bonchev–Trinajstić information content (AvgIpc) is 2.72. The van der Waals surface area contributed by atoms with E-state index in [-0.39, 0.29) is 29.9 Å². The van der Waals surface area contributed by atoms with Crippen LogP contribution in [0.5, 0.6) is 0 Å². The maximum atomic E-state index is 12.4. The predicted molar refractivity (Wildman–Crippen MR) is 114 cm³/mol. The summed E-state index contributed by atoms with van der Waals surface area (Å²) in [5.74, 6) is -0.610. The van der Waals surface area contributed by atoms with Crippen LogP contribution >= 0.6 is 11.8 Å². The van der Waals surface area contributed by atoms with E-state index >= 15 is 0 Å². The van der Waals surface area contributed by atoms with Gasteiger partial charge in [0.05, 0.1) is 18.2 Å². The van der Waals surface area contributed by atoms with Gasteiger partial charge in [0.2, 0.25) is 17.7 Å². The van der Waals surface area contributed by atoms with Gasteiger partial charge in [0.1, 0.15) is 0 Å². The third-order valence-corrected chi connectivity index (χ3v) is 5.59. The highest BCUT2D eigenvalue weighted by atomic mass is 32.2. The lowest BCUT2D eigenvalue weighted by atomic mass is 9.93. The van der Waals surface area contributed by atoms with Crippen molar-refractivity contribution in [3.8, 4) is 0 Å². The molecule has 0 spiro atoms. The molecule has 1 heterocycles. The molecule has 150 valence electrons.